The first kappa shape index (κ1) is 24.6. The van der Waals surface area contributed by atoms with E-state index in [2.05, 4.69) is 45.9 Å². The van der Waals surface area contributed by atoms with Crippen LogP contribution in [0.3, 0.4) is 0 Å². The smallest absolute Gasteiger partial charge is 0.225 e. The number of ether oxygens (including phenoxy) is 1. The fraction of sp³-hybridized carbons (Fsp3) is 0.321. The first-order valence-electron chi connectivity index (χ1n) is 13.2. The highest BCUT2D eigenvalue weighted by molar-refractivity contribution is 5.91. The van der Waals surface area contributed by atoms with E-state index in [4.69, 9.17) is 4.74 Å². The number of aliphatic hydroxyl groups is 1. The molecule has 1 atom stereocenters. The van der Waals surface area contributed by atoms with Crippen LogP contribution in [0, 0.1) is 5.82 Å². The van der Waals surface area contributed by atoms with Gasteiger partial charge < -0.3 is 24.6 Å². The molecule has 204 valence electrons. The minimum absolute atomic E-state index is 0.299. The second-order valence-corrected chi connectivity index (χ2v) is 10.4. The molecule has 2 aliphatic rings. The van der Waals surface area contributed by atoms with E-state index in [-0.39, 0.29) is 5.82 Å². The molecule has 11 nitrogen and oxygen atoms in total. The zero-order valence-corrected chi connectivity index (χ0v) is 21.9. The summed E-state index contributed by atoms with van der Waals surface area (Å²) in [5, 5.41) is 16.5. The Morgan fingerprint density at radius 3 is 2.38 bits per heavy atom. The number of piperazine rings is 1. The van der Waals surface area contributed by atoms with Crippen molar-refractivity contribution < 1.29 is 14.2 Å². The van der Waals surface area contributed by atoms with Crippen LogP contribution >= 0.6 is 0 Å². The normalized spacial score (nSPS) is 17.7. The van der Waals surface area contributed by atoms with E-state index in [9.17, 15) is 9.50 Å². The van der Waals surface area contributed by atoms with E-state index in [1.54, 1.807) is 37.8 Å². The van der Waals surface area contributed by atoms with Crippen LogP contribution in [0.25, 0.3) is 22.3 Å². The van der Waals surface area contributed by atoms with Gasteiger partial charge in [0.1, 0.15) is 29.2 Å². The van der Waals surface area contributed by atoms with Crippen LogP contribution in [0.15, 0.2) is 61.4 Å². The van der Waals surface area contributed by atoms with Crippen molar-refractivity contribution >= 4 is 22.8 Å². The predicted octanol–water partition coefficient (Wildman–Crippen LogP) is 2.90. The summed E-state index contributed by atoms with van der Waals surface area (Å²) in [4.78, 5) is 25.9. The molecule has 7 rings (SSSR count). The summed E-state index contributed by atoms with van der Waals surface area (Å²) in [6, 6.07) is 8.18. The summed E-state index contributed by atoms with van der Waals surface area (Å²) >= 11 is 0. The Balaban J connectivity index is 1.05. The second kappa shape index (κ2) is 9.65. The Kier molecular flexibility index (Phi) is 5.93. The van der Waals surface area contributed by atoms with Gasteiger partial charge in [-0.05, 0) is 30.7 Å². The van der Waals surface area contributed by atoms with Crippen molar-refractivity contribution in [1.29, 1.82) is 0 Å². The zero-order chi connectivity index (χ0) is 27.3. The number of hydrogen-bond acceptors (Lipinski definition) is 9. The quantitative estimate of drug-likeness (QED) is 0.334. The number of rotatable bonds is 6. The molecule has 0 amide bonds. The number of hydrogen-bond donors (Lipinski definition) is 2. The summed E-state index contributed by atoms with van der Waals surface area (Å²) in [6.07, 6.45) is 8.75. The molecule has 2 N–H and O–H groups in total. The molecule has 0 unspecified atom stereocenters. The summed E-state index contributed by atoms with van der Waals surface area (Å²) in [6.45, 7) is 5.96. The monoisotopic (exact) mass is 541 g/mol. The average molecular weight is 542 g/mol. The number of aromatic amines is 1. The Bertz CT molecular complexity index is 1640. The first-order chi connectivity index (χ1) is 19.5. The number of benzene rings is 1. The van der Waals surface area contributed by atoms with Crippen LogP contribution in [0.1, 0.15) is 24.1 Å². The Hall–Kier alpha value is -4.42. The minimum atomic E-state index is -1.33. The maximum atomic E-state index is 13.3. The number of aromatic nitrogens is 7. The third-order valence-electron chi connectivity index (χ3n) is 7.78. The molecular weight excluding hydrogens is 513 g/mol. The number of fused-ring (bicyclic) bond motifs is 1. The third kappa shape index (κ3) is 4.34. The van der Waals surface area contributed by atoms with Gasteiger partial charge in [0.15, 0.2) is 0 Å². The lowest BCUT2D eigenvalue weighted by Gasteiger charge is -2.35. The topological polar surface area (TPSA) is 121 Å². The highest BCUT2D eigenvalue weighted by Gasteiger charge is 2.28. The zero-order valence-electron chi connectivity index (χ0n) is 21.9. The van der Waals surface area contributed by atoms with E-state index < -0.39 is 5.60 Å². The SMILES string of the molecule is C[C@](O)(c1ccc(F)cc1)c1cnc(N2CCN(c3ncnc4[nH]c(-c5cnn(C6COC6)c5)cc34)CC2)nc1. The van der Waals surface area contributed by atoms with Crippen molar-refractivity contribution in [3.8, 4) is 11.3 Å². The summed E-state index contributed by atoms with van der Waals surface area (Å²) in [7, 11) is 0. The minimum Gasteiger partial charge on any atom is -0.381 e. The van der Waals surface area contributed by atoms with Crippen LogP contribution in [0.2, 0.25) is 0 Å². The standard InChI is InChI=1S/C28H28FN9O2/c1-28(39,19-2-4-21(29)5-3-19)20-12-30-27(31-13-20)37-8-6-36(7-9-37)26-23-10-24(35-25(23)32-17-33-26)18-11-34-38(14-18)22-15-40-16-22/h2-5,10-14,17,22,39H,6-9,15-16H2,1H3,(H,32,33,35)/t28-/m0/s1. The molecule has 2 saturated heterocycles. The molecule has 0 spiro atoms. The number of nitrogens with one attached hydrogen (secondary N) is 1. The maximum Gasteiger partial charge on any atom is 0.225 e. The second-order valence-electron chi connectivity index (χ2n) is 10.4. The van der Waals surface area contributed by atoms with Crippen molar-refractivity contribution in [2.24, 2.45) is 0 Å². The van der Waals surface area contributed by atoms with Crippen LogP contribution in [0.5, 0.6) is 0 Å². The molecule has 4 aromatic heterocycles. The number of halogens is 1. The van der Waals surface area contributed by atoms with Crippen molar-refractivity contribution in [2.45, 2.75) is 18.6 Å². The Morgan fingerprint density at radius 1 is 0.950 bits per heavy atom. The highest BCUT2D eigenvalue weighted by Crippen LogP contribution is 2.31. The van der Waals surface area contributed by atoms with Gasteiger partial charge in [0.2, 0.25) is 5.95 Å². The molecule has 12 heteroatoms. The van der Waals surface area contributed by atoms with Gasteiger partial charge >= 0.3 is 0 Å². The van der Waals surface area contributed by atoms with Gasteiger partial charge in [-0.25, -0.2) is 24.3 Å². The molecule has 5 aromatic rings. The molecule has 6 heterocycles. The highest BCUT2D eigenvalue weighted by atomic mass is 19.1. The van der Waals surface area contributed by atoms with Gasteiger partial charge in [0.05, 0.1) is 36.5 Å². The van der Waals surface area contributed by atoms with Crippen molar-refractivity contribution in [3.05, 3.63) is 78.4 Å². The van der Waals surface area contributed by atoms with E-state index in [0.717, 1.165) is 41.2 Å². The van der Waals surface area contributed by atoms with Crippen molar-refractivity contribution in [3.63, 3.8) is 0 Å². The maximum absolute atomic E-state index is 13.3. The molecule has 0 aliphatic carbocycles. The molecule has 1 aromatic carbocycles. The summed E-state index contributed by atoms with van der Waals surface area (Å²) in [5.41, 5.74) is 2.52. The van der Waals surface area contributed by atoms with Gasteiger partial charge in [0, 0.05) is 55.9 Å². The van der Waals surface area contributed by atoms with Crippen LogP contribution in [0.4, 0.5) is 16.2 Å². The molecule has 0 bridgehead atoms. The van der Waals surface area contributed by atoms with E-state index in [0.29, 0.717) is 49.4 Å². The third-order valence-corrected chi connectivity index (χ3v) is 7.78. The van der Waals surface area contributed by atoms with Crippen molar-refractivity contribution in [1.82, 2.24) is 34.7 Å². The Labute approximate surface area is 229 Å². The molecular formula is C28H28FN9O2. The lowest BCUT2D eigenvalue weighted by Crippen LogP contribution is -2.47. The van der Waals surface area contributed by atoms with Gasteiger partial charge in [-0.15, -0.1) is 0 Å². The largest absolute Gasteiger partial charge is 0.381 e. The van der Waals surface area contributed by atoms with Gasteiger partial charge in [0.25, 0.3) is 0 Å². The Morgan fingerprint density at radius 2 is 1.68 bits per heavy atom. The molecule has 2 fully saturated rings. The van der Waals surface area contributed by atoms with Gasteiger partial charge in [-0.1, -0.05) is 12.1 Å². The van der Waals surface area contributed by atoms with Crippen LogP contribution in [-0.4, -0.2) is 79.2 Å². The number of H-pyrrole nitrogens is 1. The first-order valence-corrected chi connectivity index (χ1v) is 13.2. The van der Waals surface area contributed by atoms with Gasteiger partial charge in [-0.3, -0.25) is 4.68 Å². The molecule has 0 radical (unpaired) electrons. The lowest BCUT2D eigenvalue weighted by molar-refractivity contribution is -0.0286. The van der Waals surface area contributed by atoms with Crippen LogP contribution < -0.4 is 9.80 Å². The lowest BCUT2D eigenvalue weighted by atomic mass is 9.90. The number of nitrogens with zero attached hydrogens (tertiary/aromatic N) is 8. The van der Waals surface area contributed by atoms with Crippen molar-refractivity contribution in [2.75, 3.05) is 49.2 Å². The van der Waals surface area contributed by atoms with E-state index >= 15 is 0 Å². The fourth-order valence-electron chi connectivity index (χ4n) is 5.18. The predicted molar refractivity (Wildman–Crippen MR) is 146 cm³/mol. The summed E-state index contributed by atoms with van der Waals surface area (Å²) < 4.78 is 20.6. The molecule has 40 heavy (non-hydrogen) atoms. The van der Waals surface area contributed by atoms with Crippen LogP contribution in [-0.2, 0) is 10.3 Å². The molecule has 0 saturated carbocycles. The number of anilines is 2. The van der Waals surface area contributed by atoms with E-state index in [1.807, 2.05) is 17.1 Å². The fourth-order valence-corrected chi connectivity index (χ4v) is 5.18. The average Bonchev–Trinajstić information content (AvgIpc) is 3.60. The summed E-state index contributed by atoms with van der Waals surface area (Å²) in [5.74, 6) is 1.14. The van der Waals surface area contributed by atoms with E-state index in [1.165, 1.54) is 12.1 Å². The molecule has 2 aliphatic heterocycles. The van der Waals surface area contributed by atoms with Gasteiger partial charge in [-0.2, -0.15) is 5.10 Å².